The zero-order valence-electron chi connectivity index (χ0n) is 11.0. The molecule has 0 aliphatic carbocycles. The van der Waals surface area contributed by atoms with Crippen LogP contribution in [0.15, 0.2) is 23.1 Å². The molecule has 0 saturated carbocycles. The zero-order chi connectivity index (χ0) is 15.5. The molecular weight excluding hydrogens is 306 g/mol. The molecule has 0 spiro atoms. The number of sulfonamides is 1. The number of halogens is 1. The molecule has 9 heteroatoms. The largest absolute Gasteiger partial charge is 0.326 e. The van der Waals surface area contributed by atoms with Crippen LogP contribution in [0.1, 0.15) is 13.8 Å². The topological polar surface area (TPSA) is 115 Å². The van der Waals surface area contributed by atoms with Crippen LogP contribution in [0.5, 0.6) is 0 Å². The van der Waals surface area contributed by atoms with Gasteiger partial charge in [0.25, 0.3) is 5.69 Å². The Hall–Kier alpha value is -1.22. The highest BCUT2D eigenvalue weighted by atomic mass is 35.5. The molecule has 20 heavy (non-hydrogen) atoms. The number of nitrogens with one attached hydrogen (secondary N) is 1. The van der Waals surface area contributed by atoms with Crippen molar-refractivity contribution in [1.82, 2.24) is 4.72 Å². The first-order chi connectivity index (χ1) is 9.15. The van der Waals surface area contributed by atoms with E-state index in [-0.39, 0.29) is 28.4 Å². The second-order valence-corrected chi connectivity index (χ2v) is 6.80. The lowest BCUT2D eigenvalue weighted by Gasteiger charge is -2.16. The minimum atomic E-state index is -3.85. The summed E-state index contributed by atoms with van der Waals surface area (Å²) in [6, 6.07) is 2.97. The number of nitrogens with two attached hydrogens (primary N) is 1. The summed E-state index contributed by atoms with van der Waals surface area (Å²) in [6.07, 6.45) is 0. The number of hydrogen-bond acceptors (Lipinski definition) is 5. The molecule has 0 aromatic heterocycles. The van der Waals surface area contributed by atoms with Gasteiger partial charge in [-0.15, -0.1) is 0 Å². The van der Waals surface area contributed by atoms with E-state index < -0.39 is 20.6 Å². The highest BCUT2D eigenvalue weighted by Crippen LogP contribution is 2.26. The number of nitrogens with zero attached hydrogens (tertiary/aromatic N) is 1. The van der Waals surface area contributed by atoms with Crippen molar-refractivity contribution in [2.45, 2.75) is 24.8 Å². The van der Waals surface area contributed by atoms with Crippen molar-refractivity contribution in [3.05, 3.63) is 33.3 Å². The van der Waals surface area contributed by atoms with Crippen LogP contribution in [0.2, 0.25) is 5.02 Å². The van der Waals surface area contributed by atoms with E-state index in [1.807, 2.05) is 13.8 Å². The minimum Gasteiger partial charge on any atom is -0.326 e. The van der Waals surface area contributed by atoms with Crippen molar-refractivity contribution in [2.75, 3.05) is 6.54 Å². The van der Waals surface area contributed by atoms with Gasteiger partial charge in [-0.2, -0.15) is 0 Å². The van der Waals surface area contributed by atoms with Crippen LogP contribution < -0.4 is 10.5 Å². The van der Waals surface area contributed by atoms with Crippen LogP contribution in [-0.2, 0) is 10.0 Å². The Kier molecular flexibility index (Phi) is 5.46. The molecule has 7 nitrogen and oxygen atoms in total. The van der Waals surface area contributed by atoms with Crippen molar-refractivity contribution in [3.63, 3.8) is 0 Å². The summed E-state index contributed by atoms with van der Waals surface area (Å²) in [7, 11) is -3.85. The van der Waals surface area contributed by atoms with Crippen LogP contribution >= 0.6 is 11.6 Å². The minimum absolute atomic E-state index is 0.0520. The van der Waals surface area contributed by atoms with Gasteiger partial charge in [0, 0.05) is 18.7 Å². The molecule has 112 valence electrons. The van der Waals surface area contributed by atoms with E-state index in [2.05, 4.69) is 4.72 Å². The van der Waals surface area contributed by atoms with Crippen molar-refractivity contribution in [2.24, 2.45) is 11.7 Å². The molecule has 0 saturated heterocycles. The second kappa shape index (κ2) is 6.49. The first-order valence-electron chi connectivity index (χ1n) is 5.84. The summed E-state index contributed by atoms with van der Waals surface area (Å²) in [5.74, 6) is 0.109. The summed E-state index contributed by atoms with van der Waals surface area (Å²) in [6.45, 7) is 3.79. The maximum Gasteiger partial charge on any atom is 0.289 e. The lowest BCUT2D eigenvalue weighted by Crippen LogP contribution is -2.40. The summed E-state index contributed by atoms with van der Waals surface area (Å²) < 4.78 is 26.3. The number of rotatable bonds is 6. The Morgan fingerprint density at radius 1 is 1.45 bits per heavy atom. The van der Waals surface area contributed by atoms with Gasteiger partial charge in [-0.05, 0) is 18.1 Å². The molecule has 0 fully saturated rings. The van der Waals surface area contributed by atoms with E-state index in [9.17, 15) is 18.5 Å². The molecule has 0 amide bonds. The standard InChI is InChI=1S/C11H16ClN3O4S/c1-7(2)10(13)6-14-20(18,19)8-3-4-9(12)11(5-8)15(16)17/h3-5,7,10,14H,6,13H2,1-2H3. The van der Waals surface area contributed by atoms with Gasteiger partial charge in [0.2, 0.25) is 10.0 Å². The zero-order valence-corrected chi connectivity index (χ0v) is 12.6. The molecule has 0 heterocycles. The van der Waals surface area contributed by atoms with Crippen molar-refractivity contribution in [1.29, 1.82) is 0 Å². The summed E-state index contributed by atoms with van der Waals surface area (Å²) in [5.41, 5.74) is 5.29. The van der Waals surface area contributed by atoms with Crippen molar-refractivity contribution in [3.8, 4) is 0 Å². The Morgan fingerprint density at radius 2 is 2.05 bits per heavy atom. The molecule has 1 aromatic rings. The first-order valence-corrected chi connectivity index (χ1v) is 7.70. The van der Waals surface area contributed by atoms with Crippen LogP contribution in [0.4, 0.5) is 5.69 Å². The lowest BCUT2D eigenvalue weighted by molar-refractivity contribution is -0.384. The molecule has 1 aromatic carbocycles. The fourth-order valence-corrected chi connectivity index (χ4v) is 2.60. The lowest BCUT2D eigenvalue weighted by atomic mass is 10.1. The van der Waals surface area contributed by atoms with E-state index in [1.165, 1.54) is 12.1 Å². The van der Waals surface area contributed by atoms with E-state index in [4.69, 9.17) is 17.3 Å². The quantitative estimate of drug-likeness (QED) is 0.608. The van der Waals surface area contributed by atoms with E-state index in [0.29, 0.717) is 0 Å². The van der Waals surface area contributed by atoms with Crippen molar-refractivity contribution < 1.29 is 13.3 Å². The third-order valence-corrected chi connectivity index (χ3v) is 4.53. The third kappa shape index (κ3) is 4.14. The summed E-state index contributed by atoms with van der Waals surface area (Å²) >= 11 is 5.63. The van der Waals surface area contributed by atoms with Gasteiger partial charge in [-0.1, -0.05) is 25.4 Å². The monoisotopic (exact) mass is 321 g/mol. The van der Waals surface area contributed by atoms with Gasteiger partial charge in [0.1, 0.15) is 5.02 Å². The molecule has 1 atom stereocenters. The Labute approximate surface area is 122 Å². The van der Waals surface area contributed by atoms with Crippen LogP contribution in [0.25, 0.3) is 0 Å². The predicted octanol–water partition coefficient (Wildman–Crippen LogP) is 1.51. The smallest absolute Gasteiger partial charge is 0.289 e. The van der Waals surface area contributed by atoms with Crippen LogP contribution in [0, 0.1) is 16.0 Å². The summed E-state index contributed by atoms with van der Waals surface area (Å²) in [4.78, 5) is 9.79. The molecule has 1 unspecified atom stereocenters. The molecular formula is C11H16ClN3O4S. The predicted molar refractivity (Wildman–Crippen MR) is 76.1 cm³/mol. The van der Waals surface area contributed by atoms with Gasteiger partial charge in [0.05, 0.1) is 9.82 Å². The highest BCUT2D eigenvalue weighted by molar-refractivity contribution is 7.89. The second-order valence-electron chi connectivity index (χ2n) is 4.63. The SMILES string of the molecule is CC(C)C(N)CNS(=O)(=O)c1ccc(Cl)c([N+](=O)[O-])c1. The van der Waals surface area contributed by atoms with Gasteiger partial charge in [-0.3, -0.25) is 10.1 Å². The molecule has 0 bridgehead atoms. The average Bonchev–Trinajstić information content (AvgIpc) is 2.35. The fourth-order valence-electron chi connectivity index (χ4n) is 1.32. The summed E-state index contributed by atoms with van der Waals surface area (Å²) in [5, 5.41) is 10.6. The number of nitro benzene ring substituents is 1. The molecule has 0 aliphatic rings. The maximum absolute atomic E-state index is 12.0. The first kappa shape index (κ1) is 16.8. The number of benzene rings is 1. The Morgan fingerprint density at radius 3 is 2.55 bits per heavy atom. The van der Waals surface area contributed by atoms with Crippen LogP contribution in [0.3, 0.4) is 0 Å². The molecule has 0 aliphatic heterocycles. The van der Waals surface area contributed by atoms with E-state index >= 15 is 0 Å². The molecule has 0 radical (unpaired) electrons. The maximum atomic E-state index is 12.0. The Bertz CT molecular complexity index is 604. The van der Waals surface area contributed by atoms with E-state index in [0.717, 1.165) is 6.07 Å². The van der Waals surface area contributed by atoms with E-state index in [1.54, 1.807) is 0 Å². The fraction of sp³-hybridized carbons (Fsp3) is 0.455. The van der Waals surface area contributed by atoms with Gasteiger partial charge >= 0.3 is 0 Å². The third-order valence-electron chi connectivity index (χ3n) is 2.79. The normalized spacial score (nSPS) is 13.4. The van der Waals surface area contributed by atoms with Gasteiger partial charge in [0.15, 0.2) is 0 Å². The number of nitro groups is 1. The molecule has 3 N–H and O–H groups in total. The molecule has 1 rings (SSSR count). The van der Waals surface area contributed by atoms with Crippen LogP contribution in [-0.4, -0.2) is 25.9 Å². The average molecular weight is 322 g/mol. The van der Waals surface area contributed by atoms with Gasteiger partial charge < -0.3 is 5.73 Å². The Balaban J connectivity index is 2.99. The van der Waals surface area contributed by atoms with Gasteiger partial charge in [-0.25, -0.2) is 13.1 Å². The van der Waals surface area contributed by atoms with Crippen molar-refractivity contribution >= 4 is 27.3 Å². The number of hydrogen-bond donors (Lipinski definition) is 2. The highest BCUT2D eigenvalue weighted by Gasteiger charge is 2.21.